The first-order chi connectivity index (χ1) is 5.47. The molecule has 1 unspecified atom stereocenters. The summed E-state index contributed by atoms with van der Waals surface area (Å²) in [5.41, 5.74) is 1.05. The molecule has 0 spiro atoms. The van der Waals surface area contributed by atoms with Gasteiger partial charge in [0.05, 0.1) is 5.71 Å². The molecule has 2 rings (SSSR count). The molecule has 2 nitrogen and oxygen atoms in total. The quantitative estimate of drug-likeness (QED) is 0.467. The molecule has 0 amide bonds. The van der Waals surface area contributed by atoms with Crippen molar-refractivity contribution in [1.82, 2.24) is 0 Å². The van der Waals surface area contributed by atoms with Gasteiger partial charge in [0.1, 0.15) is 12.4 Å². The van der Waals surface area contributed by atoms with Crippen molar-refractivity contribution in [1.29, 1.82) is 0 Å². The van der Waals surface area contributed by atoms with Gasteiger partial charge in [0, 0.05) is 0 Å². The maximum atomic E-state index is 4.09. The summed E-state index contributed by atoms with van der Waals surface area (Å²) in [5, 5.41) is 0. The Balaban J connectivity index is 0.000000281. The summed E-state index contributed by atoms with van der Waals surface area (Å²) >= 11 is 1.07. The minimum absolute atomic E-state index is 0.218. The van der Waals surface area contributed by atoms with E-state index in [-0.39, 0.29) is 6.04 Å². The van der Waals surface area contributed by atoms with Crippen LogP contribution in [0.2, 0.25) is 0 Å². The van der Waals surface area contributed by atoms with E-state index in [0.717, 1.165) is 22.8 Å². The fourth-order valence-electron chi connectivity index (χ4n) is 0.938. The summed E-state index contributed by atoms with van der Waals surface area (Å²) in [6.45, 7) is 0. The van der Waals surface area contributed by atoms with Gasteiger partial charge in [-0.1, -0.05) is 18.2 Å². The second-order valence-corrected chi connectivity index (χ2v) is 2.01. The molecule has 4 heteroatoms. The average Bonchev–Trinajstić information content (AvgIpc) is 2.55. The summed E-state index contributed by atoms with van der Waals surface area (Å²) < 4.78 is 0. The number of rotatable bonds is 0. The van der Waals surface area contributed by atoms with E-state index in [2.05, 4.69) is 20.6 Å². The van der Waals surface area contributed by atoms with Crippen molar-refractivity contribution in [2.24, 2.45) is 9.98 Å². The number of hydrogen-bond acceptors (Lipinski definition) is 3. The number of allylic oxidation sites excluding steroid dienone is 2. The second kappa shape index (κ2) is 4.63. The molecular weight excluding hydrogens is 210 g/mol. The monoisotopic (exact) mass is 215 g/mol. The van der Waals surface area contributed by atoms with Crippen molar-refractivity contribution in [2.75, 3.05) is 0 Å². The summed E-state index contributed by atoms with van der Waals surface area (Å²) in [6, 6.07) is 0.218. The van der Waals surface area contributed by atoms with Crippen LogP contribution < -0.4 is 0 Å². The SMILES string of the molecule is C1=CC2=NC=NC2C=C1.[SH][Zn]. The predicted octanol–water partition coefficient (Wildman–Crippen LogP) is 1.34. The molecule has 0 N–H and O–H groups in total. The van der Waals surface area contributed by atoms with E-state index < -0.39 is 0 Å². The van der Waals surface area contributed by atoms with E-state index in [9.17, 15) is 0 Å². The Morgan fingerprint density at radius 1 is 1.36 bits per heavy atom. The average molecular weight is 217 g/mol. The number of hydrogen-bond donors (Lipinski definition) is 1. The molecule has 0 aromatic rings. The first-order valence-electron chi connectivity index (χ1n) is 3.23. The third-order valence-electron chi connectivity index (χ3n) is 1.41. The van der Waals surface area contributed by atoms with Crippen molar-refractivity contribution in [3.05, 3.63) is 24.3 Å². The van der Waals surface area contributed by atoms with Crippen LogP contribution in [0.25, 0.3) is 0 Å². The van der Waals surface area contributed by atoms with E-state index in [1.54, 1.807) is 6.34 Å². The van der Waals surface area contributed by atoms with Crippen LogP contribution in [0.5, 0.6) is 0 Å². The van der Waals surface area contributed by atoms with Crippen LogP contribution >= 0.6 is 10.6 Å². The van der Waals surface area contributed by atoms with Gasteiger partial charge in [-0.3, -0.25) is 4.99 Å². The molecule has 0 radical (unpaired) electrons. The van der Waals surface area contributed by atoms with E-state index in [1.807, 2.05) is 24.3 Å². The van der Waals surface area contributed by atoms with Gasteiger partial charge in [-0.25, -0.2) is 4.99 Å². The molecule has 0 fully saturated rings. The molecule has 11 heavy (non-hydrogen) atoms. The van der Waals surface area contributed by atoms with Crippen LogP contribution in [-0.4, -0.2) is 18.1 Å². The second-order valence-electron chi connectivity index (χ2n) is 2.01. The third kappa shape index (κ3) is 2.11. The topological polar surface area (TPSA) is 24.7 Å². The summed E-state index contributed by atoms with van der Waals surface area (Å²) in [4.78, 5) is 8.14. The van der Waals surface area contributed by atoms with E-state index >= 15 is 0 Å². The zero-order valence-corrected chi connectivity index (χ0v) is 9.87. The maximum absolute atomic E-state index is 4.09. The van der Waals surface area contributed by atoms with Crippen molar-refractivity contribution in [2.45, 2.75) is 6.04 Å². The zero-order chi connectivity index (χ0) is 8.10. The standard InChI is InChI=1S/C7H6N2.H2S.Zn/c1-2-4-7-6(3-1)8-5-9-7;;/h1-6H;1H2;/q;;+1/p-1. The van der Waals surface area contributed by atoms with Crippen LogP contribution in [0, 0.1) is 0 Å². The molecule has 2 aliphatic rings. The molecule has 53 valence electrons. The molecule has 1 atom stereocenters. The Labute approximate surface area is 80.1 Å². The number of aliphatic imine (C=N–C) groups is 2. The number of nitrogens with zero attached hydrogens (tertiary/aromatic N) is 2. The van der Waals surface area contributed by atoms with E-state index in [0.29, 0.717) is 0 Å². The zero-order valence-electron chi connectivity index (χ0n) is 6.01. The van der Waals surface area contributed by atoms with Gasteiger partial charge in [-0.15, -0.1) is 0 Å². The van der Waals surface area contributed by atoms with Crippen molar-refractivity contribution < 1.29 is 17.1 Å². The van der Waals surface area contributed by atoms with Gasteiger partial charge in [-0.05, 0) is 6.08 Å². The van der Waals surface area contributed by atoms with E-state index in [4.69, 9.17) is 0 Å². The molecule has 0 aromatic heterocycles. The van der Waals surface area contributed by atoms with Crippen LogP contribution in [0.4, 0.5) is 0 Å². The van der Waals surface area contributed by atoms with Crippen LogP contribution in [-0.2, 0) is 17.1 Å². The Morgan fingerprint density at radius 2 is 2.18 bits per heavy atom. The predicted molar refractivity (Wildman–Crippen MR) is 47.0 cm³/mol. The fourth-order valence-corrected chi connectivity index (χ4v) is 0.938. The van der Waals surface area contributed by atoms with Crippen LogP contribution in [0.3, 0.4) is 0 Å². The van der Waals surface area contributed by atoms with Gasteiger partial charge in [0.2, 0.25) is 0 Å². The fraction of sp³-hybridized carbons (Fsp3) is 0.143. The Kier molecular flexibility index (Phi) is 3.74. The van der Waals surface area contributed by atoms with Gasteiger partial charge < -0.3 is 0 Å². The number of fused-ring (bicyclic) bond motifs is 1. The normalized spacial score (nSPS) is 23.9. The Bertz CT molecular complexity index is 243. The molecule has 1 heterocycles. The van der Waals surface area contributed by atoms with Crippen LogP contribution in [0.1, 0.15) is 0 Å². The minimum atomic E-state index is 0.218. The molecule has 1 aliphatic carbocycles. The molecular formula is C7H7N2SZn. The summed E-state index contributed by atoms with van der Waals surface area (Å²) in [6.07, 6.45) is 9.59. The van der Waals surface area contributed by atoms with Crippen molar-refractivity contribution >= 4 is 22.7 Å². The molecule has 0 saturated heterocycles. The van der Waals surface area contributed by atoms with Gasteiger partial charge in [0.15, 0.2) is 0 Å². The van der Waals surface area contributed by atoms with Crippen molar-refractivity contribution in [3.8, 4) is 0 Å². The van der Waals surface area contributed by atoms with Gasteiger partial charge in [0.25, 0.3) is 0 Å². The molecule has 0 saturated carbocycles. The Hall–Kier alpha value is -0.207. The van der Waals surface area contributed by atoms with Crippen molar-refractivity contribution in [3.63, 3.8) is 0 Å². The molecule has 0 bridgehead atoms. The first-order valence-corrected chi connectivity index (χ1v) is 7.84. The van der Waals surface area contributed by atoms with Crippen LogP contribution in [0.15, 0.2) is 34.3 Å². The summed E-state index contributed by atoms with van der Waals surface area (Å²) in [7, 11) is 3.65. The molecule has 1 aliphatic heterocycles. The molecule has 0 aromatic carbocycles. The third-order valence-corrected chi connectivity index (χ3v) is 1.41. The summed E-state index contributed by atoms with van der Waals surface area (Å²) in [5.74, 6) is 0. The van der Waals surface area contributed by atoms with Gasteiger partial charge >= 0.3 is 27.7 Å². The van der Waals surface area contributed by atoms with E-state index in [1.165, 1.54) is 0 Å². The number of thiol groups is 1. The first kappa shape index (κ1) is 8.89. The Morgan fingerprint density at radius 3 is 2.91 bits per heavy atom. The van der Waals surface area contributed by atoms with Gasteiger partial charge in [-0.2, -0.15) is 0 Å².